The minimum atomic E-state index is -0.586. The first-order valence-corrected chi connectivity index (χ1v) is 7.64. The highest BCUT2D eigenvalue weighted by Gasteiger charge is 2.42. The molecular formula is C15H27NO3. The van der Waals surface area contributed by atoms with E-state index in [0.717, 1.165) is 38.8 Å². The normalized spacial score (nSPS) is 23.3. The maximum atomic E-state index is 11.8. The molecule has 0 radical (unpaired) electrons. The predicted molar refractivity (Wildman–Crippen MR) is 74.2 cm³/mol. The maximum Gasteiger partial charge on any atom is 0.310 e. The van der Waals surface area contributed by atoms with Gasteiger partial charge >= 0.3 is 5.97 Å². The molecule has 4 nitrogen and oxygen atoms in total. The van der Waals surface area contributed by atoms with Gasteiger partial charge in [0.15, 0.2) is 0 Å². The van der Waals surface area contributed by atoms with Crippen LogP contribution >= 0.6 is 0 Å². The van der Waals surface area contributed by atoms with Crippen LogP contribution in [0.15, 0.2) is 0 Å². The highest BCUT2D eigenvalue weighted by molar-refractivity contribution is 5.75. The van der Waals surface area contributed by atoms with E-state index in [9.17, 15) is 9.90 Å². The molecule has 0 atom stereocenters. The number of aliphatic carboxylic acids is 1. The Hall–Kier alpha value is -0.610. The van der Waals surface area contributed by atoms with E-state index in [4.69, 9.17) is 4.74 Å². The third-order valence-corrected chi connectivity index (χ3v) is 4.67. The van der Waals surface area contributed by atoms with E-state index >= 15 is 0 Å². The van der Waals surface area contributed by atoms with Gasteiger partial charge in [-0.05, 0) is 25.7 Å². The van der Waals surface area contributed by atoms with Gasteiger partial charge in [0.2, 0.25) is 0 Å². The molecule has 19 heavy (non-hydrogen) atoms. The molecule has 2 aliphatic rings. The van der Waals surface area contributed by atoms with E-state index in [1.54, 1.807) is 7.11 Å². The summed E-state index contributed by atoms with van der Waals surface area (Å²) in [6.45, 7) is 2.29. The fourth-order valence-corrected chi connectivity index (χ4v) is 3.27. The zero-order chi connectivity index (χ0) is 13.7. The van der Waals surface area contributed by atoms with Crippen molar-refractivity contribution in [3.63, 3.8) is 0 Å². The van der Waals surface area contributed by atoms with Crippen molar-refractivity contribution in [3.05, 3.63) is 0 Å². The summed E-state index contributed by atoms with van der Waals surface area (Å²) in [6, 6.07) is 0.606. The standard InChI is InChI=1S/C15H27NO3/c1-19-11-10-16(13-6-7-13)12-15(14(17)18)8-4-2-3-5-9-15/h13H,2-12H2,1H3,(H,17,18). The molecule has 2 saturated carbocycles. The van der Waals surface area contributed by atoms with E-state index in [1.165, 1.54) is 25.7 Å². The van der Waals surface area contributed by atoms with E-state index in [-0.39, 0.29) is 0 Å². The predicted octanol–water partition coefficient (Wildman–Crippen LogP) is 2.52. The van der Waals surface area contributed by atoms with Crippen molar-refractivity contribution in [2.45, 2.75) is 57.4 Å². The van der Waals surface area contributed by atoms with Gasteiger partial charge in [0, 0.05) is 26.2 Å². The molecule has 110 valence electrons. The molecule has 0 aromatic heterocycles. The zero-order valence-electron chi connectivity index (χ0n) is 12.1. The second-order valence-electron chi connectivity index (χ2n) is 6.19. The summed E-state index contributed by atoms with van der Waals surface area (Å²) in [4.78, 5) is 14.2. The Balaban J connectivity index is 2.02. The number of hydrogen-bond donors (Lipinski definition) is 1. The molecule has 2 rings (SSSR count). The second-order valence-corrected chi connectivity index (χ2v) is 6.19. The Bertz CT molecular complexity index is 294. The molecule has 0 spiro atoms. The number of methoxy groups -OCH3 is 1. The van der Waals surface area contributed by atoms with Crippen LogP contribution in [0.25, 0.3) is 0 Å². The number of carbonyl (C=O) groups is 1. The van der Waals surface area contributed by atoms with Crippen molar-refractivity contribution in [2.24, 2.45) is 5.41 Å². The summed E-state index contributed by atoms with van der Waals surface area (Å²) < 4.78 is 5.17. The largest absolute Gasteiger partial charge is 0.481 e. The SMILES string of the molecule is COCCN(CC1(C(=O)O)CCCCCC1)C1CC1. The minimum absolute atomic E-state index is 0.507. The van der Waals surface area contributed by atoms with Crippen LogP contribution in [-0.4, -0.2) is 48.8 Å². The summed E-state index contributed by atoms with van der Waals surface area (Å²) >= 11 is 0. The highest BCUT2D eigenvalue weighted by atomic mass is 16.5. The van der Waals surface area contributed by atoms with Gasteiger partial charge in [-0.25, -0.2) is 0 Å². The van der Waals surface area contributed by atoms with Crippen molar-refractivity contribution in [2.75, 3.05) is 26.8 Å². The molecule has 0 aromatic carbocycles. The van der Waals surface area contributed by atoms with Gasteiger partial charge < -0.3 is 9.84 Å². The molecule has 2 fully saturated rings. The van der Waals surface area contributed by atoms with E-state index in [1.807, 2.05) is 0 Å². The van der Waals surface area contributed by atoms with Crippen LogP contribution in [0.4, 0.5) is 0 Å². The minimum Gasteiger partial charge on any atom is -0.481 e. The molecule has 0 unspecified atom stereocenters. The monoisotopic (exact) mass is 269 g/mol. The lowest BCUT2D eigenvalue weighted by atomic mass is 9.79. The third kappa shape index (κ3) is 3.93. The van der Waals surface area contributed by atoms with Crippen LogP contribution < -0.4 is 0 Å². The van der Waals surface area contributed by atoms with Crippen LogP contribution in [0, 0.1) is 5.41 Å². The van der Waals surface area contributed by atoms with Crippen molar-refractivity contribution in [1.82, 2.24) is 4.90 Å². The number of ether oxygens (including phenoxy) is 1. The summed E-state index contributed by atoms with van der Waals surface area (Å²) in [5.41, 5.74) is -0.507. The van der Waals surface area contributed by atoms with Crippen LogP contribution in [0.2, 0.25) is 0 Å². The summed E-state index contributed by atoms with van der Waals surface area (Å²) in [6.07, 6.45) is 8.65. The molecule has 0 aromatic rings. The van der Waals surface area contributed by atoms with Crippen LogP contribution in [0.5, 0.6) is 0 Å². The van der Waals surface area contributed by atoms with Crippen LogP contribution in [0.3, 0.4) is 0 Å². The molecule has 4 heteroatoms. The first-order valence-electron chi connectivity index (χ1n) is 7.64. The van der Waals surface area contributed by atoms with Crippen molar-refractivity contribution in [3.8, 4) is 0 Å². The molecular weight excluding hydrogens is 242 g/mol. The van der Waals surface area contributed by atoms with Crippen LogP contribution in [0.1, 0.15) is 51.4 Å². The molecule has 0 amide bonds. The lowest BCUT2D eigenvalue weighted by Crippen LogP contribution is -2.45. The zero-order valence-corrected chi connectivity index (χ0v) is 12.1. The molecule has 0 heterocycles. The van der Waals surface area contributed by atoms with Gasteiger partial charge in [0.1, 0.15) is 0 Å². The number of rotatable bonds is 7. The fourth-order valence-electron chi connectivity index (χ4n) is 3.27. The highest BCUT2D eigenvalue weighted by Crippen LogP contribution is 2.38. The number of hydrogen-bond acceptors (Lipinski definition) is 3. The van der Waals surface area contributed by atoms with E-state index in [0.29, 0.717) is 12.6 Å². The molecule has 1 N–H and O–H groups in total. The second kappa shape index (κ2) is 6.71. The third-order valence-electron chi connectivity index (χ3n) is 4.67. The van der Waals surface area contributed by atoms with Gasteiger partial charge in [-0.3, -0.25) is 9.69 Å². The summed E-state index contributed by atoms with van der Waals surface area (Å²) in [7, 11) is 1.71. The average Bonchev–Trinajstić information content (AvgIpc) is 3.21. The lowest BCUT2D eigenvalue weighted by Gasteiger charge is -2.34. The van der Waals surface area contributed by atoms with Gasteiger partial charge in [-0.1, -0.05) is 25.7 Å². The van der Waals surface area contributed by atoms with Crippen molar-refractivity contribution in [1.29, 1.82) is 0 Å². The molecule has 2 aliphatic carbocycles. The first kappa shape index (κ1) is 14.8. The fraction of sp³-hybridized carbons (Fsp3) is 0.933. The van der Waals surface area contributed by atoms with Gasteiger partial charge in [0.05, 0.1) is 12.0 Å². The number of nitrogens with zero attached hydrogens (tertiary/aromatic N) is 1. The lowest BCUT2D eigenvalue weighted by molar-refractivity contribution is -0.151. The van der Waals surface area contributed by atoms with Crippen molar-refractivity contribution < 1.29 is 14.6 Å². The summed E-state index contributed by atoms with van der Waals surface area (Å²) in [5.74, 6) is -0.586. The first-order chi connectivity index (χ1) is 9.18. The van der Waals surface area contributed by atoms with Gasteiger partial charge in [-0.2, -0.15) is 0 Å². The molecule has 0 aliphatic heterocycles. The Labute approximate surface area is 116 Å². The van der Waals surface area contributed by atoms with Gasteiger partial charge in [-0.15, -0.1) is 0 Å². The maximum absolute atomic E-state index is 11.8. The van der Waals surface area contributed by atoms with Crippen molar-refractivity contribution >= 4 is 5.97 Å². The Morgan fingerprint density at radius 2 is 1.89 bits per heavy atom. The smallest absolute Gasteiger partial charge is 0.310 e. The average molecular weight is 269 g/mol. The molecule has 0 bridgehead atoms. The molecule has 0 saturated heterocycles. The van der Waals surface area contributed by atoms with Crippen LogP contribution in [-0.2, 0) is 9.53 Å². The Morgan fingerprint density at radius 3 is 2.37 bits per heavy atom. The van der Waals surface area contributed by atoms with E-state index < -0.39 is 11.4 Å². The topological polar surface area (TPSA) is 49.8 Å². The number of carboxylic acid groups (broad SMARTS) is 1. The Morgan fingerprint density at radius 1 is 1.26 bits per heavy atom. The number of carboxylic acids is 1. The summed E-state index contributed by atoms with van der Waals surface area (Å²) in [5, 5.41) is 9.73. The van der Waals surface area contributed by atoms with Gasteiger partial charge in [0.25, 0.3) is 0 Å². The Kier molecular flexibility index (Phi) is 5.22. The quantitative estimate of drug-likeness (QED) is 0.722. The van der Waals surface area contributed by atoms with E-state index in [2.05, 4.69) is 4.90 Å².